The second-order valence-corrected chi connectivity index (χ2v) is 4.32. The van der Waals surface area contributed by atoms with Crippen molar-refractivity contribution in [1.82, 2.24) is 14.0 Å². The highest BCUT2D eigenvalue weighted by Crippen LogP contribution is 2.09. The van der Waals surface area contributed by atoms with Gasteiger partial charge in [0.1, 0.15) is 11.2 Å². The van der Waals surface area contributed by atoms with Crippen LogP contribution in [0.15, 0.2) is 52.2 Å². The largest absolute Gasteiger partial charge is 0.465 e. The van der Waals surface area contributed by atoms with Crippen molar-refractivity contribution in [2.45, 2.75) is 0 Å². The molecule has 0 unspecified atom stereocenters. The molecule has 2 aromatic heterocycles. The number of carbonyl (C=O) groups is 1. The summed E-state index contributed by atoms with van der Waals surface area (Å²) in [5, 5.41) is 0. The fourth-order valence-corrected chi connectivity index (χ4v) is 2.15. The molecule has 0 aliphatic carbocycles. The number of hydrogen-bond donors (Lipinski definition) is 1. The fraction of sp³-hybridized carbons (Fsp3) is 0.0714. The van der Waals surface area contributed by atoms with Gasteiger partial charge in [0, 0.05) is 6.20 Å². The van der Waals surface area contributed by atoms with E-state index in [4.69, 9.17) is 0 Å². The molecule has 21 heavy (non-hydrogen) atoms. The molecule has 0 aliphatic rings. The van der Waals surface area contributed by atoms with E-state index in [1.165, 1.54) is 23.8 Å². The predicted molar refractivity (Wildman–Crippen MR) is 75.0 cm³/mol. The van der Waals surface area contributed by atoms with E-state index in [2.05, 4.69) is 9.72 Å². The van der Waals surface area contributed by atoms with E-state index in [1.54, 1.807) is 30.3 Å². The van der Waals surface area contributed by atoms with Crippen LogP contribution in [0.5, 0.6) is 0 Å². The molecule has 1 N–H and O–H groups in total. The van der Waals surface area contributed by atoms with E-state index in [-0.39, 0.29) is 11.2 Å². The molecule has 1 aromatic carbocycles. The number of carbonyl (C=O) groups excluding carboxylic acids is 1. The van der Waals surface area contributed by atoms with Gasteiger partial charge in [0.05, 0.1) is 12.8 Å². The molecular formula is C14H11N3O4. The molecule has 0 fully saturated rings. The number of esters is 1. The number of benzene rings is 1. The normalized spacial score (nSPS) is 10.7. The Labute approximate surface area is 118 Å². The van der Waals surface area contributed by atoms with Gasteiger partial charge in [-0.2, -0.15) is 0 Å². The summed E-state index contributed by atoms with van der Waals surface area (Å²) in [6.45, 7) is 0. The quantitative estimate of drug-likeness (QED) is 0.697. The van der Waals surface area contributed by atoms with Crippen LogP contribution in [0, 0.1) is 0 Å². The van der Waals surface area contributed by atoms with Crippen molar-refractivity contribution in [3.63, 3.8) is 0 Å². The third-order valence-corrected chi connectivity index (χ3v) is 3.13. The number of nitrogens with zero attached hydrogens (tertiary/aromatic N) is 2. The average Bonchev–Trinajstić information content (AvgIpc) is 2.91. The second kappa shape index (κ2) is 4.78. The summed E-state index contributed by atoms with van der Waals surface area (Å²) in [5.74, 6) is -0.620. The van der Waals surface area contributed by atoms with Gasteiger partial charge in [-0.1, -0.05) is 18.2 Å². The van der Waals surface area contributed by atoms with Crippen molar-refractivity contribution in [3.05, 3.63) is 69.1 Å². The first kappa shape index (κ1) is 12.9. The molecule has 7 nitrogen and oxygen atoms in total. The molecule has 106 valence electrons. The van der Waals surface area contributed by atoms with E-state index in [0.29, 0.717) is 5.69 Å². The molecule has 0 saturated heterocycles. The summed E-state index contributed by atoms with van der Waals surface area (Å²) in [6, 6.07) is 9.95. The van der Waals surface area contributed by atoms with Gasteiger partial charge in [0.15, 0.2) is 0 Å². The van der Waals surface area contributed by atoms with Crippen LogP contribution in [-0.2, 0) is 4.74 Å². The highest BCUT2D eigenvalue weighted by atomic mass is 16.5. The number of para-hydroxylation sites is 1. The molecule has 0 saturated carbocycles. The third kappa shape index (κ3) is 1.95. The molecule has 7 heteroatoms. The Bertz CT molecular complexity index is 934. The lowest BCUT2D eigenvalue weighted by atomic mass is 10.3. The van der Waals surface area contributed by atoms with Crippen LogP contribution in [0.4, 0.5) is 0 Å². The maximum atomic E-state index is 12.4. The smallest absolute Gasteiger partial charge is 0.342 e. The topological polar surface area (TPSA) is 85.6 Å². The van der Waals surface area contributed by atoms with Crippen LogP contribution in [0.1, 0.15) is 10.4 Å². The number of H-pyrrole nitrogens is 1. The molecular weight excluding hydrogens is 274 g/mol. The van der Waals surface area contributed by atoms with Gasteiger partial charge in [0.2, 0.25) is 0 Å². The van der Waals surface area contributed by atoms with Gasteiger partial charge in [-0.15, -0.1) is 0 Å². The Morgan fingerprint density at radius 3 is 2.52 bits per heavy atom. The maximum absolute atomic E-state index is 12.4. The lowest BCUT2D eigenvalue weighted by Crippen LogP contribution is -2.37. The Morgan fingerprint density at radius 2 is 1.86 bits per heavy atom. The first-order chi connectivity index (χ1) is 10.1. The van der Waals surface area contributed by atoms with Crippen molar-refractivity contribution in [3.8, 4) is 5.69 Å². The van der Waals surface area contributed by atoms with Gasteiger partial charge in [-0.3, -0.25) is 9.38 Å². The molecule has 0 radical (unpaired) electrons. The Hall–Kier alpha value is -3.09. The zero-order valence-corrected chi connectivity index (χ0v) is 11.1. The van der Waals surface area contributed by atoms with Gasteiger partial charge in [-0.25, -0.2) is 19.0 Å². The van der Waals surface area contributed by atoms with E-state index in [1.807, 2.05) is 0 Å². The number of nitrogens with one attached hydrogen (secondary N) is 1. The van der Waals surface area contributed by atoms with Crippen LogP contribution in [-0.4, -0.2) is 27.0 Å². The van der Waals surface area contributed by atoms with Crippen molar-refractivity contribution in [2.24, 2.45) is 0 Å². The molecule has 2 heterocycles. The van der Waals surface area contributed by atoms with E-state index in [9.17, 15) is 14.4 Å². The molecule has 0 amide bonds. The van der Waals surface area contributed by atoms with Crippen molar-refractivity contribution < 1.29 is 9.53 Å². The Kier molecular flexibility index (Phi) is 2.94. The summed E-state index contributed by atoms with van der Waals surface area (Å²) in [6.07, 6.45) is 1.42. The van der Waals surface area contributed by atoms with E-state index < -0.39 is 17.3 Å². The zero-order chi connectivity index (χ0) is 15.0. The van der Waals surface area contributed by atoms with Crippen molar-refractivity contribution >= 4 is 11.6 Å². The number of fused-ring (bicyclic) bond motifs is 1. The molecule has 3 aromatic rings. The highest BCUT2D eigenvalue weighted by molar-refractivity contribution is 5.95. The first-order valence-electron chi connectivity index (χ1n) is 6.13. The number of methoxy groups -OCH3 is 1. The minimum Gasteiger partial charge on any atom is -0.465 e. The molecule has 0 aliphatic heterocycles. The Balaban J connectivity index is 2.35. The summed E-state index contributed by atoms with van der Waals surface area (Å²) >= 11 is 0. The number of hydrogen-bond acceptors (Lipinski definition) is 4. The van der Waals surface area contributed by atoms with Gasteiger partial charge in [-0.05, 0) is 18.2 Å². The lowest BCUT2D eigenvalue weighted by molar-refractivity contribution is 0.0603. The average molecular weight is 285 g/mol. The summed E-state index contributed by atoms with van der Waals surface area (Å²) < 4.78 is 6.80. The van der Waals surface area contributed by atoms with Gasteiger partial charge < -0.3 is 4.74 Å². The van der Waals surface area contributed by atoms with Crippen LogP contribution in [0.3, 0.4) is 0 Å². The number of ether oxygens (including phenoxy) is 1. The second-order valence-electron chi connectivity index (χ2n) is 4.32. The number of aromatic amines is 1. The molecule has 3 rings (SSSR count). The number of rotatable bonds is 2. The Morgan fingerprint density at radius 1 is 1.14 bits per heavy atom. The lowest BCUT2D eigenvalue weighted by Gasteiger charge is -2.05. The minimum atomic E-state index is -0.623. The van der Waals surface area contributed by atoms with Gasteiger partial charge >= 0.3 is 17.3 Å². The molecule has 0 spiro atoms. The number of aromatic nitrogens is 3. The zero-order valence-electron chi connectivity index (χ0n) is 11.1. The highest BCUT2D eigenvalue weighted by Gasteiger charge is 2.16. The van der Waals surface area contributed by atoms with Crippen molar-refractivity contribution in [2.75, 3.05) is 7.11 Å². The first-order valence-corrected chi connectivity index (χ1v) is 6.13. The summed E-state index contributed by atoms with van der Waals surface area (Å²) in [4.78, 5) is 38.7. The standard InChI is InChI=1S/C14H11N3O4/c1-21-12(18)10-7-8-16-11(10)15-13(19)17(14(16)20)9-5-3-2-4-6-9/h2-8H,1H3,(H,15,19). The summed E-state index contributed by atoms with van der Waals surface area (Å²) in [5.41, 5.74) is -0.493. The SMILES string of the molecule is COC(=O)c1ccn2c(=O)n(-c3ccccc3)c(=O)[nH]c12. The summed E-state index contributed by atoms with van der Waals surface area (Å²) in [7, 11) is 1.23. The van der Waals surface area contributed by atoms with Crippen molar-refractivity contribution in [1.29, 1.82) is 0 Å². The fourth-order valence-electron chi connectivity index (χ4n) is 2.15. The van der Waals surface area contributed by atoms with E-state index >= 15 is 0 Å². The van der Waals surface area contributed by atoms with Crippen LogP contribution < -0.4 is 11.4 Å². The van der Waals surface area contributed by atoms with Crippen LogP contribution in [0.25, 0.3) is 11.3 Å². The monoisotopic (exact) mass is 285 g/mol. The van der Waals surface area contributed by atoms with Crippen LogP contribution in [0.2, 0.25) is 0 Å². The predicted octanol–water partition coefficient (Wildman–Crippen LogP) is 0.565. The molecule has 0 bridgehead atoms. The molecule has 0 atom stereocenters. The minimum absolute atomic E-state index is 0.115. The van der Waals surface area contributed by atoms with Gasteiger partial charge in [0.25, 0.3) is 0 Å². The van der Waals surface area contributed by atoms with E-state index in [0.717, 1.165) is 4.57 Å². The maximum Gasteiger partial charge on any atom is 0.342 e. The van der Waals surface area contributed by atoms with Crippen LogP contribution >= 0.6 is 0 Å². The third-order valence-electron chi connectivity index (χ3n) is 3.13.